The standard InChI is InChI=1S/C18H30N2S/c1-14(2)10-17-12-20(15(3)13-21-4)18(11-19-17)16-8-6-5-7-9-16/h5-9,14-15,17-19H,10-13H2,1-4H3. The first kappa shape index (κ1) is 16.9. The van der Waals surface area contributed by atoms with Crippen molar-refractivity contribution in [2.75, 3.05) is 25.1 Å². The second kappa shape index (κ2) is 8.21. The molecule has 118 valence electrons. The van der Waals surface area contributed by atoms with Crippen LogP contribution in [0.5, 0.6) is 0 Å². The zero-order chi connectivity index (χ0) is 15.2. The fraction of sp³-hybridized carbons (Fsp3) is 0.667. The van der Waals surface area contributed by atoms with Gasteiger partial charge in [-0.1, -0.05) is 44.2 Å². The van der Waals surface area contributed by atoms with E-state index in [-0.39, 0.29) is 0 Å². The van der Waals surface area contributed by atoms with E-state index in [0.29, 0.717) is 18.1 Å². The summed E-state index contributed by atoms with van der Waals surface area (Å²) in [6.45, 7) is 9.25. The van der Waals surface area contributed by atoms with Crippen molar-refractivity contribution in [3.05, 3.63) is 35.9 Å². The van der Waals surface area contributed by atoms with Gasteiger partial charge in [0.05, 0.1) is 0 Å². The molecule has 1 aromatic rings. The summed E-state index contributed by atoms with van der Waals surface area (Å²) in [5.41, 5.74) is 1.45. The Morgan fingerprint density at radius 3 is 2.57 bits per heavy atom. The Labute approximate surface area is 134 Å². The maximum absolute atomic E-state index is 3.78. The highest BCUT2D eigenvalue weighted by atomic mass is 32.2. The third kappa shape index (κ3) is 4.73. The number of hydrogen-bond acceptors (Lipinski definition) is 3. The molecule has 1 aliphatic heterocycles. The van der Waals surface area contributed by atoms with Gasteiger partial charge in [-0.2, -0.15) is 11.8 Å². The number of rotatable bonds is 6. The van der Waals surface area contributed by atoms with Gasteiger partial charge in [-0.15, -0.1) is 0 Å². The van der Waals surface area contributed by atoms with Gasteiger partial charge in [0.2, 0.25) is 0 Å². The van der Waals surface area contributed by atoms with E-state index in [1.54, 1.807) is 0 Å². The van der Waals surface area contributed by atoms with Crippen LogP contribution in [-0.4, -0.2) is 42.1 Å². The summed E-state index contributed by atoms with van der Waals surface area (Å²) in [5, 5.41) is 3.78. The molecule has 0 amide bonds. The van der Waals surface area contributed by atoms with Crippen molar-refractivity contribution in [1.29, 1.82) is 0 Å². The number of piperazine rings is 1. The Balaban J connectivity index is 2.12. The van der Waals surface area contributed by atoms with Crippen molar-refractivity contribution in [3.8, 4) is 0 Å². The molecule has 0 aromatic heterocycles. The minimum absolute atomic E-state index is 0.511. The summed E-state index contributed by atoms with van der Waals surface area (Å²) in [7, 11) is 0. The zero-order valence-corrected chi connectivity index (χ0v) is 14.7. The van der Waals surface area contributed by atoms with Crippen molar-refractivity contribution in [3.63, 3.8) is 0 Å². The summed E-state index contributed by atoms with van der Waals surface area (Å²) in [5.74, 6) is 1.96. The Hall–Kier alpha value is -0.510. The van der Waals surface area contributed by atoms with E-state index < -0.39 is 0 Å². The Bertz CT molecular complexity index is 407. The highest BCUT2D eigenvalue weighted by molar-refractivity contribution is 7.98. The second-order valence-corrected chi connectivity index (χ2v) is 7.57. The molecule has 0 saturated carbocycles. The maximum atomic E-state index is 3.78. The average Bonchev–Trinajstić information content (AvgIpc) is 2.48. The molecular weight excluding hydrogens is 276 g/mol. The molecular formula is C18H30N2S. The fourth-order valence-corrected chi connectivity index (χ4v) is 4.05. The first-order chi connectivity index (χ1) is 10.1. The predicted octanol–water partition coefficient (Wildman–Crippen LogP) is 3.80. The van der Waals surface area contributed by atoms with Crippen LogP contribution in [0.25, 0.3) is 0 Å². The molecule has 2 rings (SSSR count). The van der Waals surface area contributed by atoms with E-state index in [2.05, 4.69) is 67.6 Å². The van der Waals surface area contributed by atoms with E-state index in [1.165, 1.54) is 24.3 Å². The normalized spacial score (nSPS) is 25.2. The quantitative estimate of drug-likeness (QED) is 0.860. The van der Waals surface area contributed by atoms with Crippen LogP contribution in [0.4, 0.5) is 0 Å². The lowest BCUT2D eigenvalue weighted by molar-refractivity contribution is 0.0921. The molecule has 0 bridgehead atoms. The van der Waals surface area contributed by atoms with Crippen molar-refractivity contribution in [2.45, 2.75) is 45.3 Å². The van der Waals surface area contributed by atoms with Crippen LogP contribution in [0.3, 0.4) is 0 Å². The Morgan fingerprint density at radius 2 is 1.95 bits per heavy atom. The first-order valence-corrected chi connectivity index (χ1v) is 9.54. The van der Waals surface area contributed by atoms with Gasteiger partial charge in [0.15, 0.2) is 0 Å². The summed E-state index contributed by atoms with van der Waals surface area (Å²) in [6.07, 6.45) is 3.48. The van der Waals surface area contributed by atoms with Crippen LogP contribution in [0.1, 0.15) is 38.8 Å². The van der Waals surface area contributed by atoms with Gasteiger partial charge in [-0.25, -0.2) is 0 Å². The lowest BCUT2D eigenvalue weighted by Gasteiger charge is -2.44. The molecule has 3 heteroatoms. The molecule has 0 spiro atoms. The molecule has 3 unspecified atom stereocenters. The highest BCUT2D eigenvalue weighted by Crippen LogP contribution is 2.28. The molecule has 1 fully saturated rings. The predicted molar refractivity (Wildman–Crippen MR) is 95.0 cm³/mol. The third-order valence-corrected chi connectivity index (χ3v) is 5.16. The summed E-state index contributed by atoms with van der Waals surface area (Å²) in [6, 6.07) is 12.7. The van der Waals surface area contributed by atoms with Crippen LogP contribution < -0.4 is 5.32 Å². The summed E-state index contributed by atoms with van der Waals surface area (Å²) in [4.78, 5) is 2.72. The molecule has 1 saturated heterocycles. The van der Waals surface area contributed by atoms with E-state index in [4.69, 9.17) is 0 Å². The topological polar surface area (TPSA) is 15.3 Å². The second-order valence-electron chi connectivity index (χ2n) is 6.66. The summed E-state index contributed by atoms with van der Waals surface area (Å²) >= 11 is 1.95. The summed E-state index contributed by atoms with van der Waals surface area (Å²) < 4.78 is 0. The van der Waals surface area contributed by atoms with E-state index in [0.717, 1.165) is 12.5 Å². The van der Waals surface area contributed by atoms with Crippen LogP contribution in [0, 0.1) is 5.92 Å². The SMILES string of the molecule is CSCC(C)N1CC(CC(C)C)NCC1c1ccccc1. The van der Waals surface area contributed by atoms with Gasteiger partial charge in [0.1, 0.15) is 0 Å². The van der Waals surface area contributed by atoms with Crippen molar-refractivity contribution in [2.24, 2.45) is 5.92 Å². The van der Waals surface area contributed by atoms with Crippen LogP contribution in [-0.2, 0) is 0 Å². The van der Waals surface area contributed by atoms with Crippen molar-refractivity contribution < 1.29 is 0 Å². The Morgan fingerprint density at radius 1 is 1.24 bits per heavy atom. The average molecular weight is 307 g/mol. The molecule has 1 aromatic carbocycles. The number of benzene rings is 1. The van der Waals surface area contributed by atoms with Gasteiger partial charge < -0.3 is 5.32 Å². The lowest BCUT2D eigenvalue weighted by atomic mass is 9.95. The highest BCUT2D eigenvalue weighted by Gasteiger charge is 2.31. The van der Waals surface area contributed by atoms with Gasteiger partial charge in [-0.05, 0) is 31.1 Å². The molecule has 1 heterocycles. The van der Waals surface area contributed by atoms with Gasteiger partial charge in [0, 0.05) is 37.0 Å². The van der Waals surface area contributed by atoms with E-state index in [1.807, 2.05) is 11.8 Å². The maximum Gasteiger partial charge on any atom is 0.0476 e. The third-order valence-electron chi connectivity index (χ3n) is 4.35. The number of hydrogen-bond donors (Lipinski definition) is 1. The number of nitrogens with one attached hydrogen (secondary N) is 1. The van der Waals surface area contributed by atoms with E-state index in [9.17, 15) is 0 Å². The minimum Gasteiger partial charge on any atom is -0.311 e. The van der Waals surface area contributed by atoms with Crippen LogP contribution >= 0.6 is 11.8 Å². The molecule has 0 radical (unpaired) electrons. The van der Waals surface area contributed by atoms with E-state index >= 15 is 0 Å². The zero-order valence-electron chi connectivity index (χ0n) is 13.9. The Kier molecular flexibility index (Phi) is 6.59. The smallest absolute Gasteiger partial charge is 0.0476 e. The van der Waals surface area contributed by atoms with Crippen LogP contribution in [0.15, 0.2) is 30.3 Å². The molecule has 21 heavy (non-hydrogen) atoms. The molecule has 1 N–H and O–H groups in total. The first-order valence-electron chi connectivity index (χ1n) is 8.14. The van der Waals surface area contributed by atoms with Gasteiger partial charge >= 0.3 is 0 Å². The largest absolute Gasteiger partial charge is 0.311 e. The lowest BCUT2D eigenvalue weighted by Crippen LogP contribution is -2.55. The molecule has 0 aliphatic carbocycles. The van der Waals surface area contributed by atoms with Crippen molar-refractivity contribution >= 4 is 11.8 Å². The minimum atomic E-state index is 0.511. The van der Waals surface area contributed by atoms with Gasteiger partial charge in [-0.3, -0.25) is 4.90 Å². The fourth-order valence-electron chi connectivity index (χ4n) is 3.38. The van der Waals surface area contributed by atoms with Gasteiger partial charge in [0.25, 0.3) is 0 Å². The number of thioether (sulfide) groups is 1. The van der Waals surface area contributed by atoms with Crippen molar-refractivity contribution in [1.82, 2.24) is 10.2 Å². The number of nitrogens with zero attached hydrogens (tertiary/aromatic N) is 1. The van der Waals surface area contributed by atoms with Crippen LogP contribution in [0.2, 0.25) is 0 Å². The monoisotopic (exact) mass is 306 g/mol. The molecule has 1 aliphatic rings. The molecule has 3 atom stereocenters. The molecule has 2 nitrogen and oxygen atoms in total.